The minimum absolute atomic E-state index is 0.266. The summed E-state index contributed by atoms with van der Waals surface area (Å²) in [4.78, 5) is 2.17. The molecule has 0 radical (unpaired) electrons. The predicted molar refractivity (Wildman–Crippen MR) is 108 cm³/mol. The van der Waals surface area contributed by atoms with Crippen LogP contribution in [0.3, 0.4) is 0 Å². The van der Waals surface area contributed by atoms with Gasteiger partial charge in [-0.2, -0.15) is 5.10 Å². The molecule has 3 aromatic rings. The molecule has 1 heterocycles. The normalized spacial score (nSPS) is 11.3. The molecule has 4 nitrogen and oxygen atoms in total. The summed E-state index contributed by atoms with van der Waals surface area (Å²) >= 11 is 0. The Labute approximate surface area is 160 Å². The Balaban J connectivity index is 1.52. The molecule has 0 saturated carbocycles. The maximum atomic E-state index is 13.9. The lowest BCUT2D eigenvalue weighted by atomic mass is 10.1. The second-order valence-corrected chi connectivity index (χ2v) is 7.12. The van der Waals surface area contributed by atoms with Crippen molar-refractivity contribution in [3.05, 3.63) is 82.9 Å². The zero-order valence-corrected chi connectivity index (χ0v) is 16.2. The number of hydrogen-bond acceptors (Lipinski definition) is 3. The second kappa shape index (κ2) is 8.93. The quantitative estimate of drug-likeness (QED) is 0.617. The molecule has 0 fully saturated rings. The van der Waals surface area contributed by atoms with E-state index in [1.165, 1.54) is 17.2 Å². The minimum Gasteiger partial charge on any atom is -0.312 e. The number of aromatic nitrogens is 2. The highest BCUT2D eigenvalue weighted by Gasteiger charge is 2.09. The Kier molecular flexibility index (Phi) is 6.37. The number of nitrogens with one attached hydrogen (secondary N) is 1. The van der Waals surface area contributed by atoms with E-state index in [-0.39, 0.29) is 5.82 Å². The maximum Gasteiger partial charge on any atom is 0.148 e. The van der Waals surface area contributed by atoms with E-state index < -0.39 is 0 Å². The summed E-state index contributed by atoms with van der Waals surface area (Å²) in [5.41, 5.74) is 5.12. The highest BCUT2D eigenvalue weighted by atomic mass is 19.1. The molecular formula is C22H27FN4. The number of para-hydroxylation sites is 1. The van der Waals surface area contributed by atoms with E-state index in [1.54, 1.807) is 16.8 Å². The van der Waals surface area contributed by atoms with E-state index in [2.05, 4.69) is 53.7 Å². The van der Waals surface area contributed by atoms with Crippen LogP contribution in [0.25, 0.3) is 5.69 Å². The van der Waals surface area contributed by atoms with Gasteiger partial charge in [0.05, 0.1) is 5.69 Å². The van der Waals surface area contributed by atoms with Gasteiger partial charge in [-0.25, -0.2) is 9.07 Å². The zero-order valence-electron chi connectivity index (χ0n) is 16.2. The molecule has 5 heteroatoms. The first-order chi connectivity index (χ1) is 13.0. The monoisotopic (exact) mass is 366 g/mol. The molecule has 0 saturated heterocycles. The van der Waals surface area contributed by atoms with Gasteiger partial charge in [-0.1, -0.05) is 36.4 Å². The van der Waals surface area contributed by atoms with Crippen molar-refractivity contribution in [1.82, 2.24) is 20.0 Å². The van der Waals surface area contributed by atoms with Crippen molar-refractivity contribution >= 4 is 0 Å². The van der Waals surface area contributed by atoms with Crippen molar-refractivity contribution in [2.24, 2.45) is 0 Å². The topological polar surface area (TPSA) is 33.1 Å². The van der Waals surface area contributed by atoms with Crippen LogP contribution in [0.2, 0.25) is 0 Å². The summed E-state index contributed by atoms with van der Waals surface area (Å²) in [7, 11) is 4.16. The average molecular weight is 366 g/mol. The van der Waals surface area contributed by atoms with Crippen LogP contribution < -0.4 is 5.32 Å². The molecule has 0 aliphatic rings. The van der Waals surface area contributed by atoms with Crippen LogP contribution in [0.15, 0.2) is 54.7 Å². The Hall–Kier alpha value is -2.50. The summed E-state index contributed by atoms with van der Waals surface area (Å²) in [6, 6.07) is 15.5. The number of aryl methyl sites for hydroxylation is 1. The van der Waals surface area contributed by atoms with Crippen molar-refractivity contribution in [3.8, 4) is 5.69 Å². The third-order valence-corrected chi connectivity index (χ3v) is 4.53. The molecule has 3 rings (SSSR count). The van der Waals surface area contributed by atoms with Gasteiger partial charge in [0, 0.05) is 24.8 Å². The van der Waals surface area contributed by atoms with Gasteiger partial charge in [0.2, 0.25) is 0 Å². The maximum absolute atomic E-state index is 13.9. The van der Waals surface area contributed by atoms with Crippen LogP contribution in [0, 0.1) is 12.7 Å². The summed E-state index contributed by atoms with van der Waals surface area (Å²) in [6.45, 7) is 4.53. The van der Waals surface area contributed by atoms with Gasteiger partial charge < -0.3 is 10.2 Å². The van der Waals surface area contributed by atoms with Gasteiger partial charge in [0.25, 0.3) is 0 Å². The van der Waals surface area contributed by atoms with E-state index >= 15 is 0 Å². The molecule has 0 bridgehead atoms. The zero-order chi connectivity index (χ0) is 19.2. The summed E-state index contributed by atoms with van der Waals surface area (Å²) in [5.74, 6) is -0.266. The Bertz CT molecular complexity index is 868. The van der Waals surface area contributed by atoms with Gasteiger partial charge in [-0.05, 0) is 57.2 Å². The average Bonchev–Trinajstić information content (AvgIpc) is 3.00. The Morgan fingerprint density at radius 1 is 1.04 bits per heavy atom. The first-order valence-electron chi connectivity index (χ1n) is 9.26. The fourth-order valence-electron chi connectivity index (χ4n) is 3.06. The fraction of sp³-hybridized carbons (Fsp3) is 0.318. The SMILES string of the molecule is Cc1nn(-c2ccccc2F)cc1CNCCc1ccc(CN(C)C)cc1. The van der Waals surface area contributed by atoms with Crippen molar-refractivity contribution in [1.29, 1.82) is 0 Å². The van der Waals surface area contributed by atoms with E-state index in [4.69, 9.17) is 0 Å². The van der Waals surface area contributed by atoms with Crippen LogP contribution in [0.5, 0.6) is 0 Å². The Morgan fingerprint density at radius 2 is 1.74 bits per heavy atom. The smallest absolute Gasteiger partial charge is 0.148 e. The second-order valence-electron chi connectivity index (χ2n) is 7.12. The summed E-state index contributed by atoms with van der Waals surface area (Å²) in [5, 5.41) is 7.91. The summed E-state index contributed by atoms with van der Waals surface area (Å²) < 4.78 is 15.5. The molecule has 0 atom stereocenters. The van der Waals surface area contributed by atoms with Crippen LogP contribution >= 0.6 is 0 Å². The van der Waals surface area contributed by atoms with Crippen LogP contribution in [-0.4, -0.2) is 35.3 Å². The lowest BCUT2D eigenvalue weighted by Crippen LogP contribution is -2.17. The lowest BCUT2D eigenvalue weighted by molar-refractivity contribution is 0.402. The molecule has 1 N–H and O–H groups in total. The van der Waals surface area contributed by atoms with Crippen molar-refractivity contribution in [3.63, 3.8) is 0 Å². The van der Waals surface area contributed by atoms with Gasteiger partial charge in [0.1, 0.15) is 11.5 Å². The number of rotatable bonds is 8. The third-order valence-electron chi connectivity index (χ3n) is 4.53. The van der Waals surface area contributed by atoms with E-state index in [1.807, 2.05) is 19.2 Å². The first kappa shape index (κ1) is 19.3. The van der Waals surface area contributed by atoms with E-state index in [9.17, 15) is 4.39 Å². The standard InChI is InChI=1S/C22H27FN4/c1-17-20(16-27(25-17)22-7-5-4-6-21(22)23)14-24-13-12-18-8-10-19(11-9-18)15-26(2)3/h4-11,16,24H,12-15H2,1-3H3. The molecule has 0 unspecified atom stereocenters. The highest BCUT2D eigenvalue weighted by Crippen LogP contribution is 2.15. The van der Waals surface area contributed by atoms with Gasteiger partial charge >= 0.3 is 0 Å². The molecule has 1 aromatic heterocycles. The molecule has 0 aliphatic carbocycles. The Morgan fingerprint density at radius 3 is 2.44 bits per heavy atom. The fourth-order valence-corrected chi connectivity index (χ4v) is 3.06. The number of nitrogens with zero attached hydrogens (tertiary/aromatic N) is 3. The van der Waals surface area contributed by atoms with Crippen molar-refractivity contribution < 1.29 is 4.39 Å². The molecule has 142 valence electrons. The molecule has 2 aromatic carbocycles. The van der Waals surface area contributed by atoms with Gasteiger partial charge in [-0.15, -0.1) is 0 Å². The largest absolute Gasteiger partial charge is 0.312 e. The first-order valence-corrected chi connectivity index (χ1v) is 9.26. The van der Waals surface area contributed by atoms with Crippen LogP contribution in [0.1, 0.15) is 22.4 Å². The third kappa shape index (κ3) is 5.25. The van der Waals surface area contributed by atoms with Crippen LogP contribution in [0.4, 0.5) is 4.39 Å². The molecular weight excluding hydrogens is 339 g/mol. The van der Waals surface area contributed by atoms with Crippen molar-refractivity contribution in [2.75, 3.05) is 20.6 Å². The number of halogens is 1. The van der Waals surface area contributed by atoms with Crippen molar-refractivity contribution in [2.45, 2.75) is 26.4 Å². The molecule has 0 aliphatic heterocycles. The molecule has 0 spiro atoms. The summed E-state index contributed by atoms with van der Waals surface area (Å²) in [6.07, 6.45) is 2.87. The minimum atomic E-state index is -0.266. The van der Waals surface area contributed by atoms with Gasteiger partial charge in [0.15, 0.2) is 0 Å². The number of benzene rings is 2. The van der Waals surface area contributed by atoms with Crippen LogP contribution in [-0.2, 0) is 19.5 Å². The van der Waals surface area contributed by atoms with E-state index in [0.717, 1.165) is 37.3 Å². The highest BCUT2D eigenvalue weighted by molar-refractivity contribution is 5.34. The number of hydrogen-bond donors (Lipinski definition) is 1. The predicted octanol–water partition coefficient (Wildman–Crippen LogP) is 3.71. The lowest BCUT2D eigenvalue weighted by Gasteiger charge is -2.10. The van der Waals surface area contributed by atoms with Gasteiger partial charge in [-0.3, -0.25) is 0 Å². The van der Waals surface area contributed by atoms with E-state index in [0.29, 0.717) is 5.69 Å². The molecule has 27 heavy (non-hydrogen) atoms. The molecule has 0 amide bonds.